The van der Waals surface area contributed by atoms with Gasteiger partial charge in [-0.05, 0) is 60.5 Å². The number of hydrogen-bond donors (Lipinski definition) is 1. The minimum Gasteiger partial charge on any atom is -0.428 e. The molecule has 0 saturated carbocycles. The molecule has 1 unspecified atom stereocenters. The number of carbonyl (C=O) groups is 1. The summed E-state index contributed by atoms with van der Waals surface area (Å²) in [5.41, 5.74) is 2.20. The third-order valence-corrected chi connectivity index (χ3v) is 5.79. The van der Waals surface area contributed by atoms with E-state index in [4.69, 9.17) is 11.6 Å². The number of carbonyl (C=O) groups excluding carboxylic acids is 1. The average molecular weight is 505 g/mol. The van der Waals surface area contributed by atoms with Crippen molar-refractivity contribution in [2.24, 2.45) is 0 Å². The lowest BCUT2D eigenvalue weighted by Crippen LogP contribution is -2.34. The molecule has 1 N–H and O–H groups in total. The predicted molar refractivity (Wildman–Crippen MR) is 126 cm³/mol. The molecule has 1 aliphatic heterocycles. The van der Waals surface area contributed by atoms with Crippen molar-refractivity contribution in [2.45, 2.75) is 31.5 Å². The van der Waals surface area contributed by atoms with Crippen molar-refractivity contribution in [3.8, 4) is 5.75 Å². The molecule has 0 bridgehead atoms. The molecular weight excluding hydrogens is 484 g/mol. The van der Waals surface area contributed by atoms with E-state index in [0.29, 0.717) is 22.0 Å². The fraction of sp³-hybridized carbons (Fsp3) is 0.192. The van der Waals surface area contributed by atoms with Crippen LogP contribution in [0.15, 0.2) is 90.6 Å². The molecule has 0 aromatic heterocycles. The van der Waals surface area contributed by atoms with E-state index in [9.17, 15) is 22.4 Å². The van der Waals surface area contributed by atoms with Crippen molar-refractivity contribution in [2.75, 3.05) is 4.90 Å². The van der Waals surface area contributed by atoms with Crippen LogP contribution in [0.3, 0.4) is 0 Å². The van der Waals surface area contributed by atoms with E-state index in [0.717, 1.165) is 11.6 Å². The Hall–Kier alpha value is -3.52. The number of rotatable bonds is 8. The van der Waals surface area contributed by atoms with Crippen molar-refractivity contribution in [3.63, 3.8) is 0 Å². The highest BCUT2D eigenvalue weighted by Crippen LogP contribution is 2.38. The van der Waals surface area contributed by atoms with Crippen LogP contribution in [0.1, 0.15) is 30.1 Å². The van der Waals surface area contributed by atoms with Crippen LogP contribution >= 0.6 is 11.6 Å². The second-order valence-corrected chi connectivity index (χ2v) is 8.43. The molecule has 0 saturated heterocycles. The van der Waals surface area contributed by atoms with E-state index in [1.165, 1.54) is 17.0 Å². The maximum absolute atomic E-state index is 13.5. The van der Waals surface area contributed by atoms with Crippen LogP contribution in [0.25, 0.3) is 0 Å². The van der Waals surface area contributed by atoms with Crippen molar-refractivity contribution < 1.29 is 27.1 Å². The van der Waals surface area contributed by atoms with Crippen LogP contribution in [-0.2, 0) is 4.79 Å². The summed E-state index contributed by atoms with van der Waals surface area (Å²) in [4.78, 5) is 14.9. The molecule has 3 aromatic rings. The molecule has 4 nitrogen and oxygen atoms in total. The van der Waals surface area contributed by atoms with Crippen molar-refractivity contribution in [1.82, 2.24) is 5.32 Å². The number of amides is 1. The standard InChI is InChI=1S/C26H21ClF4N2O2/c1-16(17-6-3-2-4-7-17)32-22-15-23(33(24(22)34)20-12-10-19(27)11-13-20)18-8-5-9-21(14-18)35-26(30,31)25(28)29/h2-16,23,25,32H,1H3/t16-,23?/m1/s1. The molecule has 3 aromatic carbocycles. The third kappa shape index (κ3) is 5.43. The highest BCUT2D eigenvalue weighted by molar-refractivity contribution is 6.30. The number of halogens is 5. The highest BCUT2D eigenvalue weighted by atomic mass is 35.5. The van der Waals surface area contributed by atoms with Gasteiger partial charge in [0.25, 0.3) is 5.91 Å². The summed E-state index contributed by atoms with van der Waals surface area (Å²) in [5, 5.41) is 3.69. The highest BCUT2D eigenvalue weighted by Gasteiger charge is 2.44. The van der Waals surface area contributed by atoms with E-state index in [1.54, 1.807) is 36.4 Å². The Labute approximate surface area is 204 Å². The first kappa shape index (κ1) is 24.6. The van der Waals surface area contributed by atoms with Gasteiger partial charge in [-0.25, -0.2) is 0 Å². The van der Waals surface area contributed by atoms with Crippen molar-refractivity contribution in [3.05, 3.63) is 107 Å². The minimum absolute atomic E-state index is 0.198. The molecule has 0 radical (unpaired) electrons. The number of nitrogens with one attached hydrogen (secondary N) is 1. The lowest BCUT2D eigenvalue weighted by Gasteiger charge is -2.26. The quantitative estimate of drug-likeness (QED) is 0.339. The van der Waals surface area contributed by atoms with Gasteiger partial charge in [0.05, 0.1) is 11.7 Å². The summed E-state index contributed by atoms with van der Waals surface area (Å²) in [7, 11) is 0. The minimum atomic E-state index is -4.65. The second-order valence-electron chi connectivity index (χ2n) is 7.99. The lowest BCUT2D eigenvalue weighted by molar-refractivity contribution is -0.253. The first-order chi connectivity index (χ1) is 16.7. The van der Waals surface area contributed by atoms with Gasteiger partial charge in [0.1, 0.15) is 5.75 Å². The van der Waals surface area contributed by atoms with Crippen LogP contribution in [-0.4, -0.2) is 18.4 Å². The fourth-order valence-electron chi connectivity index (χ4n) is 3.82. The van der Waals surface area contributed by atoms with Gasteiger partial charge in [-0.2, -0.15) is 17.6 Å². The van der Waals surface area contributed by atoms with Crippen LogP contribution in [0.4, 0.5) is 23.2 Å². The Balaban J connectivity index is 1.69. The Kier molecular flexibility index (Phi) is 7.03. The van der Waals surface area contributed by atoms with Gasteiger partial charge in [-0.3, -0.25) is 9.69 Å². The van der Waals surface area contributed by atoms with Gasteiger partial charge < -0.3 is 10.1 Å². The lowest BCUT2D eigenvalue weighted by atomic mass is 10.1. The third-order valence-electron chi connectivity index (χ3n) is 5.54. The van der Waals surface area contributed by atoms with E-state index < -0.39 is 24.3 Å². The molecule has 35 heavy (non-hydrogen) atoms. The van der Waals surface area contributed by atoms with E-state index in [2.05, 4.69) is 10.1 Å². The molecule has 182 valence electrons. The number of alkyl halides is 4. The zero-order valence-electron chi connectivity index (χ0n) is 18.5. The molecule has 9 heteroatoms. The first-order valence-electron chi connectivity index (χ1n) is 10.7. The number of anilines is 1. The van der Waals surface area contributed by atoms with Gasteiger partial charge in [0, 0.05) is 16.8 Å². The fourth-order valence-corrected chi connectivity index (χ4v) is 3.94. The van der Waals surface area contributed by atoms with Crippen LogP contribution < -0.4 is 15.0 Å². The Bertz CT molecular complexity index is 1220. The van der Waals surface area contributed by atoms with Crippen molar-refractivity contribution >= 4 is 23.2 Å². The predicted octanol–water partition coefficient (Wildman–Crippen LogP) is 6.90. The molecule has 1 heterocycles. The average Bonchev–Trinajstić information content (AvgIpc) is 3.16. The van der Waals surface area contributed by atoms with Gasteiger partial charge >= 0.3 is 12.5 Å². The second kappa shape index (κ2) is 10.00. The summed E-state index contributed by atoms with van der Waals surface area (Å²) in [6.45, 7) is 1.91. The summed E-state index contributed by atoms with van der Waals surface area (Å²) in [6, 6.07) is 20.6. The molecule has 0 fully saturated rings. The molecule has 1 aliphatic rings. The number of nitrogens with zero attached hydrogens (tertiary/aromatic N) is 1. The Morgan fingerprint density at radius 3 is 2.34 bits per heavy atom. The van der Waals surface area contributed by atoms with E-state index in [1.807, 2.05) is 37.3 Å². The normalized spacial score (nSPS) is 16.9. The summed E-state index contributed by atoms with van der Waals surface area (Å²) < 4.78 is 56.5. The zero-order valence-corrected chi connectivity index (χ0v) is 19.2. The van der Waals surface area contributed by atoms with Crippen LogP contribution in [0, 0.1) is 0 Å². The Morgan fingerprint density at radius 2 is 1.69 bits per heavy atom. The first-order valence-corrected chi connectivity index (χ1v) is 11.1. The molecule has 4 rings (SSSR count). The van der Waals surface area contributed by atoms with Gasteiger partial charge in [-0.1, -0.05) is 54.1 Å². The Morgan fingerprint density at radius 1 is 1.00 bits per heavy atom. The summed E-state index contributed by atoms with van der Waals surface area (Å²) in [5.74, 6) is -0.784. The van der Waals surface area contributed by atoms with Crippen molar-refractivity contribution in [1.29, 1.82) is 0 Å². The SMILES string of the molecule is C[C@@H](NC1=CC(c2cccc(OC(F)(F)C(F)F)c2)N(c2ccc(Cl)cc2)C1=O)c1ccccc1. The summed E-state index contributed by atoms with van der Waals surface area (Å²) in [6.07, 6.45) is -6.96. The summed E-state index contributed by atoms with van der Waals surface area (Å²) >= 11 is 6.00. The molecule has 0 spiro atoms. The number of ether oxygens (including phenoxy) is 1. The monoisotopic (exact) mass is 504 g/mol. The van der Waals surface area contributed by atoms with E-state index >= 15 is 0 Å². The topological polar surface area (TPSA) is 41.6 Å². The zero-order chi connectivity index (χ0) is 25.2. The molecule has 2 atom stereocenters. The van der Waals surface area contributed by atoms with Gasteiger partial charge in [0.15, 0.2) is 0 Å². The maximum Gasteiger partial charge on any atom is 0.461 e. The smallest absolute Gasteiger partial charge is 0.428 e. The van der Waals surface area contributed by atoms with E-state index in [-0.39, 0.29) is 11.9 Å². The largest absolute Gasteiger partial charge is 0.461 e. The van der Waals surface area contributed by atoms with Gasteiger partial charge in [0.2, 0.25) is 0 Å². The molecular formula is C26H21ClF4N2O2. The van der Waals surface area contributed by atoms with Crippen LogP contribution in [0.5, 0.6) is 5.75 Å². The number of benzene rings is 3. The van der Waals surface area contributed by atoms with Crippen LogP contribution in [0.2, 0.25) is 5.02 Å². The maximum atomic E-state index is 13.5. The molecule has 0 aliphatic carbocycles. The van der Waals surface area contributed by atoms with Gasteiger partial charge in [-0.15, -0.1) is 0 Å². The molecule has 1 amide bonds. The number of hydrogen-bond acceptors (Lipinski definition) is 3.